The lowest BCUT2D eigenvalue weighted by atomic mass is 9.83. The summed E-state index contributed by atoms with van der Waals surface area (Å²) in [6.45, 7) is 7.20. The second-order valence-electron chi connectivity index (χ2n) is 11.4. The lowest BCUT2D eigenvalue weighted by Gasteiger charge is -2.41. The van der Waals surface area contributed by atoms with Crippen molar-refractivity contribution in [2.45, 2.75) is 64.8 Å². The highest BCUT2D eigenvalue weighted by atomic mass is 19.4. The number of carbonyl (C=O) groups excluding carboxylic acids is 3. The maximum Gasteiger partial charge on any atom is 0.416 e. The van der Waals surface area contributed by atoms with Gasteiger partial charge in [-0.3, -0.25) is 19.9 Å². The molecule has 3 rings (SSSR count). The van der Waals surface area contributed by atoms with E-state index in [1.807, 2.05) is 20.8 Å². The smallest absolute Gasteiger partial charge is 0.384 e. The average Bonchev–Trinajstić information content (AvgIpc) is 2.90. The number of hydrogen-bond donors (Lipinski definition) is 3. The maximum absolute atomic E-state index is 13.5. The van der Waals surface area contributed by atoms with E-state index in [0.717, 1.165) is 12.1 Å². The second kappa shape index (κ2) is 12.3. The quantitative estimate of drug-likeness (QED) is 0.183. The average molecular weight is 577 g/mol. The Morgan fingerprint density at radius 3 is 2.17 bits per heavy atom. The van der Waals surface area contributed by atoms with Crippen LogP contribution in [0.2, 0.25) is 0 Å². The summed E-state index contributed by atoms with van der Waals surface area (Å²) in [4.78, 5) is 50.4. The zero-order valence-corrected chi connectivity index (χ0v) is 23.4. The number of alkyl halides is 3. The first-order valence-electron chi connectivity index (χ1n) is 13.1. The minimum absolute atomic E-state index is 0.0327. The third-order valence-corrected chi connectivity index (χ3v) is 6.74. The van der Waals surface area contributed by atoms with Crippen LogP contribution < -0.4 is 11.1 Å². The Labute approximate surface area is 236 Å². The lowest BCUT2D eigenvalue weighted by Crippen LogP contribution is -2.52. The van der Waals surface area contributed by atoms with Gasteiger partial charge in [0.2, 0.25) is 5.91 Å². The summed E-state index contributed by atoms with van der Waals surface area (Å²) in [7, 11) is 0. The summed E-state index contributed by atoms with van der Waals surface area (Å²) in [6, 6.07) is 9.78. The number of amides is 2. The summed E-state index contributed by atoms with van der Waals surface area (Å²) < 4.78 is 40.4. The van der Waals surface area contributed by atoms with Gasteiger partial charge < -0.3 is 16.0 Å². The Hall–Kier alpha value is -3.93. The molecule has 1 aliphatic heterocycles. The first-order chi connectivity index (χ1) is 19.0. The van der Waals surface area contributed by atoms with Gasteiger partial charge in [0.05, 0.1) is 12.0 Å². The largest absolute Gasteiger partial charge is 0.416 e. The van der Waals surface area contributed by atoms with Crippen molar-refractivity contribution >= 4 is 23.6 Å². The van der Waals surface area contributed by atoms with E-state index in [4.69, 9.17) is 20.9 Å². The third-order valence-electron chi connectivity index (χ3n) is 6.74. The van der Waals surface area contributed by atoms with Crippen LogP contribution in [0.4, 0.5) is 13.2 Å². The highest BCUT2D eigenvalue weighted by molar-refractivity contribution is 5.99. The second-order valence-corrected chi connectivity index (χ2v) is 11.4. The molecule has 1 saturated heterocycles. The molecule has 0 aliphatic carbocycles. The van der Waals surface area contributed by atoms with Crippen LogP contribution in [-0.4, -0.2) is 47.7 Å². The van der Waals surface area contributed by atoms with Crippen LogP contribution in [0.1, 0.15) is 74.0 Å². The van der Waals surface area contributed by atoms with Crippen molar-refractivity contribution in [1.82, 2.24) is 10.2 Å². The molecule has 4 N–H and O–H groups in total. The molecular weight excluding hydrogens is 541 g/mol. The topological polar surface area (TPSA) is 135 Å². The van der Waals surface area contributed by atoms with Gasteiger partial charge in [-0.1, -0.05) is 45.0 Å². The molecule has 2 amide bonds. The molecule has 2 aromatic carbocycles. The van der Waals surface area contributed by atoms with Crippen molar-refractivity contribution in [3.63, 3.8) is 0 Å². The van der Waals surface area contributed by atoms with Crippen LogP contribution in [0.25, 0.3) is 0 Å². The predicted molar refractivity (Wildman–Crippen MR) is 145 cm³/mol. The van der Waals surface area contributed by atoms with Gasteiger partial charge in [0.15, 0.2) is 0 Å². The molecule has 222 valence electrons. The zero-order valence-electron chi connectivity index (χ0n) is 23.4. The first kappa shape index (κ1) is 31.6. The summed E-state index contributed by atoms with van der Waals surface area (Å²) in [5.74, 6) is -1.68. The fourth-order valence-electron chi connectivity index (χ4n) is 4.49. The molecule has 1 fully saturated rings. The number of amidine groups is 1. The van der Waals surface area contributed by atoms with Gasteiger partial charge in [0, 0.05) is 37.1 Å². The molecule has 1 aliphatic rings. The Kier molecular flexibility index (Phi) is 9.47. The van der Waals surface area contributed by atoms with E-state index < -0.39 is 40.7 Å². The number of piperidine rings is 1. The molecule has 0 bridgehead atoms. The Morgan fingerprint density at radius 1 is 1.05 bits per heavy atom. The van der Waals surface area contributed by atoms with Gasteiger partial charge in [-0.15, -0.1) is 0 Å². The molecule has 2 aromatic rings. The summed E-state index contributed by atoms with van der Waals surface area (Å²) >= 11 is 0. The van der Waals surface area contributed by atoms with E-state index >= 15 is 0 Å². The molecule has 0 radical (unpaired) electrons. The van der Waals surface area contributed by atoms with Crippen molar-refractivity contribution < 1.29 is 37.3 Å². The number of rotatable bonds is 8. The van der Waals surface area contributed by atoms with E-state index in [1.54, 1.807) is 0 Å². The van der Waals surface area contributed by atoms with Gasteiger partial charge >= 0.3 is 12.1 Å². The Morgan fingerprint density at radius 2 is 1.63 bits per heavy atom. The standard InChI is InChI=1S/C29H35F3N4O5/c1-18(35-25(38)20-10-8-19(9-11-20)24(33)34)26(39)36-14-12-28(13-15-36,41-40-23(37)17-27(2,3)4)21-6-5-7-22(16-21)29(30,31)32/h5-11,16,18H,12-15,17H2,1-4H3,(H3,33,34)(H,35,38)/t18-/m0/s1. The molecule has 1 heterocycles. The number of nitrogens with one attached hydrogen (secondary N) is 2. The van der Waals surface area contributed by atoms with Gasteiger partial charge in [0.25, 0.3) is 5.91 Å². The van der Waals surface area contributed by atoms with Crippen LogP contribution in [0.15, 0.2) is 48.5 Å². The summed E-state index contributed by atoms with van der Waals surface area (Å²) in [5, 5.41) is 10.1. The molecule has 0 saturated carbocycles. The van der Waals surface area contributed by atoms with Crippen LogP contribution in [0, 0.1) is 10.8 Å². The van der Waals surface area contributed by atoms with Crippen molar-refractivity contribution in [3.8, 4) is 0 Å². The molecule has 1 atom stereocenters. The normalized spacial score (nSPS) is 16.0. The van der Waals surface area contributed by atoms with Gasteiger partial charge in [-0.25, -0.2) is 4.79 Å². The number of halogens is 3. The van der Waals surface area contributed by atoms with Crippen LogP contribution >= 0.6 is 0 Å². The van der Waals surface area contributed by atoms with E-state index in [1.165, 1.54) is 48.2 Å². The van der Waals surface area contributed by atoms with Crippen LogP contribution in [0.5, 0.6) is 0 Å². The van der Waals surface area contributed by atoms with Crippen molar-refractivity contribution in [1.29, 1.82) is 5.41 Å². The molecule has 0 spiro atoms. The fraction of sp³-hybridized carbons (Fsp3) is 0.448. The summed E-state index contributed by atoms with van der Waals surface area (Å²) in [6.07, 6.45) is -4.45. The number of nitrogens with zero attached hydrogens (tertiary/aromatic N) is 1. The lowest BCUT2D eigenvalue weighted by molar-refractivity contribution is -0.347. The monoisotopic (exact) mass is 576 g/mol. The fourth-order valence-corrected chi connectivity index (χ4v) is 4.49. The number of carbonyl (C=O) groups is 3. The molecule has 41 heavy (non-hydrogen) atoms. The van der Waals surface area contributed by atoms with E-state index in [9.17, 15) is 27.6 Å². The maximum atomic E-state index is 13.5. The molecule has 9 nitrogen and oxygen atoms in total. The van der Waals surface area contributed by atoms with Gasteiger partial charge in [-0.05, 0) is 42.2 Å². The summed E-state index contributed by atoms with van der Waals surface area (Å²) in [5.41, 5.74) is 3.68. The van der Waals surface area contributed by atoms with Gasteiger partial charge in [-0.2, -0.15) is 18.1 Å². The van der Waals surface area contributed by atoms with E-state index in [2.05, 4.69) is 5.32 Å². The number of likely N-dealkylation sites (tertiary alicyclic amines) is 1. The number of nitrogen functional groups attached to an aromatic ring is 1. The van der Waals surface area contributed by atoms with E-state index in [-0.39, 0.29) is 55.2 Å². The SMILES string of the molecule is C[C@H](NC(=O)c1ccc(C(=N)N)cc1)C(=O)N1CCC(OOC(=O)CC(C)(C)C)(c2cccc(C(F)(F)F)c2)CC1. The third kappa shape index (κ3) is 8.29. The molecular formula is C29H35F3N4O5. The van der Waals surface area contributed by atoms with E-state index in [0.29, 0.717) is 5.56 Å². The molecule has 0 aromatic heterocycles. The number of hydrogen-bond acceptors (Lipinski definition) is 6. The molecule has 12 heteroatoms. The molecule has 0 unspecified atom stereocenters. The minimum atomic E-state index is -4.59. The predicted octanol–water partition coefficient (Wildman–Crippen LogP) is 4.54. The van der Waals surface area contributed by atoms with Crippen LogP contribution in [-0.2, 0) is 31.1 Å². The highest BCUT2D eigenvalue weighted by Gasteiger charge is 2.43. The number of nitrogens with two attached hydrogens (primary N) is 1. The van der Waals surface area contributed by atoms with Crippen molar-refractivity contribution in [2.75, 3.05) is 13.1 Å². The highest BCUT2D eigenvalue weighted by Crippen LogP contribution is 2.40. The van der Waals surface area contributed by atoms with Crippen LogP contribution in [0.3, 0.4) is 0 Å². The van der Waals surface area contributed by atoms with Crippen molar-refractivity contribution in [3.05, 3.63) is 70.8 Å². The zero-order chi connectivity index (χ0) is 30.6. The minimum Gasteiger partial charge on any atom is -0.384 e. The van der Waals surface area contributed by atoms with Gasteiger partial charge in [0.1, 0.15) is 17.5 Å². The first-order valence-corrected chi connectivity index (χ1v) is 13.1. The Balaban J connectivity index is 1.73. The van der Waals surface area contributed by atoms with Crippen molar-refractivity contribution in [2.24, 2.45) is 11.1 Å². The number of benzene rings is 2. The Bertz CT molecular complexity index is 1280.